The molecule has 0 radical (unpaired) electrons. The van der Waals surface area contributed by atoms with Crippen LogP contribution in [0.1, 0.15) is 0 Å². The normalized spacial score (nSPS) is 10.2. The van der Waals surface area contributed by atoms with Crippen LogP contribution in [0, 0.1) is 0 Å². The van der Waals surface area contributed by atoms with Gasteiger partial charge in [0, 0.05) is 12.4 Å². The van der Waals surface area contributed by atoms with Crippen molar-refractivity contribution in [3.05, 3.63) is 23.9 Å². The Morgan fingerprint density at radius 1 is 1.20 bits per heavy atom. The third-order valence-corrected chi connectivity index (χ3v) is 2.29. The Morgan fingerprint density at radius 3 is 2.73 bits per heavy atom. The highest BCUT2D eigenvalue weighted by molar-refractivity contribution is 7.99. The van der Waals surface area contributed by atoms with Gasteiger partial charge in [0.25, 0.3) is 0 Å². The molecule has 0 spiro atoms. The number of rotatable bonds is 2. The van der Waals surface area contributed by atoms with Gasteiger partial charge in [-0.3, -0.25) is 4.98 Å². The van der Waals surface area contributed by atoms with E-state index in [2.05, 4.69) is 24.9 Å². The molecule has 0 amide bonds. The fourth-order valence-corrected chi connectivity index (χ4v) is 1.73. The number of halogens is 1. The van der Waals surface area contributed by atoms with Crippen LogP contribution in [0.3, 0.4) is 0 Å². The zero-order valence-electron chi connectivity index (χ0n) is 7.33. The summed E-state index contributed by atoms with van der Waals surface area (Å²) >= 11 is 6.84. The quantitative estimate of drug-likeness (QED) is 0.839. The van der Waals surface area contributed by atoms with E-state index in [-0.39, 0.29) is 11.2 Å². The van der Waals surface area contributed by atoms with Crippen molar-refractivity contribution in [2.75, 3.05) is 5.73 Å². The van der Waals surface area contributed by atoms with Crippen LogP contribution in [0.15, 0.2) is 28.8 Å². The Labute approximate surface area is 94.4 Å². The van der Waals surface area contributed by atoms with Crippen molar-refractivity contribution in [3.8, 4) is 0 Å². The number of nitrogens with two attached hydrogens (primary N) is 1. The summed E-state index contributed by atoms with van der Waals surface area (Å²) in [4.78, 5) is 19.4. The Balaban J connectivity index is 2.25. The molecule has 2 heterocycles. The molecule has 2 aromatic heterocycles. The molecule has 0 aliphatic carbocycles. The van der Waals surface area contributed by atoms with Crippen molar-refractivity contribution in [3.63, 3.8) is 0 Å². The molecule has 2 aromatic rings. The Bertz CT molecular complexity index is 444. The number of aromatic nitrogens is 5. The van der Waals surface area contributed by atoms with Crippen molar-refractivity contribution in [1.82, 2.24) is 24.9 Å². The van der Waals surface area contributed by atoms with Gasteiger partial charge < -0.3 is 5.73 Å². The van der Waals surface area contributed by atoms with Gasteiger partial charge in [0.05, 0.1) is 6.20 Å². The second-order valence-electron chi connectivity index (χ2n) is 2.39. The summed E-state index contributed by atoms with van der Waals surface area (Å²) in [5.74, 6) is 0.0846. The highest BCUT2D eigenvalue weighted by Gasteiger charge is 2.05. The monoisotopic (exact) mass is 240 g/mol. The zero-order valence-corrected chi connectivity index (χ0v) is 8.90. The lowest BCUT2D eigenvalue weighted by molar-refractivity contribution is 0.911. The van der Waals surface area contributed by atoms with Crippen LogP contribution in [-0.2, 0) is 0 Å². The highest BCUT2D eigenvalue weighted by atomic mass is 35.5. The maximum atomic E-state index is 5.62. The molecule has 0 aliphatic rings. The molecule has 0 atom stereocenters. The molecule has 8 heteroatoms. The minimum absolute atomic E-state index is 0.0638. The summed E-state index contributed by atoms with van der Waals surface area (Å²) in [6, 6.07) is 0. The molecule has 15 heavy (non-hydrogen) atoms. The predicted molar refractivity (Wildman–Crippen MR) is 55.4 cm³/mol. The maximum absolute atomic E-state index is 5.62. The van der Waals surface area contributed by atoms with Crippen LogP contribution in [-0.4, -0.2) is 24.9 Å². The zero-order chi connectivity index (χ0) is 10.7. The van der Waals surface area contributed by atoms with Gasteiger partial charge >= 0.3 is 0 Å². The van der Waals surface area contributed by atoms with Gasteiger partial charge in [-0.25, -0.2) is 4.98 Å². The lowest BCUT2D eigenvalue weighted by atomic mass is 10.8. The van der Waals surface area contributed by atoms with E-state index in [0.717, 1.165) is 0 Å². The first-order valence-electron chi connectivity index (χ1n) is 3.85. The van der Waals surface area contributed by atoms with E-state index in [0.29, 0.717) is 10.2 Å². The van der Waals surface area contributed by atoms with Gasteiger partial charge in [0.1, 0.15) is 5.03 Å². The molecular weight excluding hydrogens is 236 g/mol. The van der Waals surface area contributed by atoms with Crippen LogP contribution < -0.4 is 5.73 Å². The van der Waals surface area contributed by atoms with E-state index < -0.39 is 0 Å². The van der Waals surface area contributed by atoms with Crippen LogP contribution in [0.25, 0.3) is 0 Å². The second-order valence-corrected chi connectivity index (χ2v) is 3.72. The summed E-state index contributed by atoms with van der Waals surface area (Å²) in [6.07, 6.45) is 4.76. The van der Waals surface area contributed by atoms with Crippen molar-refractivity contribution in [2.24, 2.45) is 0 Å². The Kier molecular flexibility index (Phi) is 2.93. The van der Waals surface area contributed by atoms with E-state index in [4.69, 9.17) is 17.3 Å². The van der Waals surface area contributed by atoms with Gasteiger partial charge in [0.15, 0.2) is 5.16 Å². The molecule has 0 aliphatic heterocycles. The molecule has 0 fully saturated rings. The molecule has 2 rings (SSSR count). The van der Waals surface area contributed by atoms with Gasteiger partial charge in [-0.2, -0.15) is 15.0 Å². The molecule has 0 unspecified atom stereocenters. The minimum atomic E-state index is 0.0638. The largest absolute Gasteiger partial charge is 0.368 e. The smallest absolute Gasteiger partial charge is 0.228 e. The van der Waals surface area contributed by atoms with Crippen molar-refractivity contribution in [1.29, 1.82) is 0 Å². The van der Waals surface area contributed by atoms with Gasteiger partial charge in [-0.1, -0.05) is 0 Å². The highest BCUT2D eigenvalue weighted by Crippen LogP contribution is 2.22. The van der Waals surface area contributed by atoms with Crippen LogP contribution >= 0.6 is 23.4 Å². The first kappa shape index (κ1) is 10.1. The standard InChI is InChI=1S/C7H5ClN6S/c8-5-12-6(9)14-7(13-5)15-4-3-10-1-2-11-4/h1-3H,(H2,9,12,13,14). The summed E-state index contributed by atoms with van der Waals surface area (Å²) in [6.45, 7) is 0. The molecular formula is C7H5ClN6S. The number of hydrogen-bond acceptors (Lipinski definition) is 7. The fourth-order valence-electron chi connectivity index (χ4n) is 0.824. The van der Waals surface area contributed by atoms with E-state index in [9.17, 15) is 0 Å². The number of nitrogen functional groups attached to an aromatic ring is 1. The maximum Gasteiger partial charge on any atom is 0.228 e. The molecule has 0 saturated carbocycles. The second kappa shape index (κ2) is 4.37. The SMILES string of the molecule is Nc1nc(Cl)nc(Sc2cnccn2)n1. The molecule has 0 saturated heterocycles. The molecule has 76 valence electrons. The third-order valence-electron chi connectivity index (χ3n) is 1.34. The average molecular weight is 241 g/mol. The van der Waals surface area contributed by atoms with E-state index in [1.165, 1.54) is 11.8 Å². The lowest BCUT2D eigenvalue weighted by Crippen LogP contribution is -1.99. The molecule has 6 nitrogen and oxygen atoms in total. The van der Waals surface area contributed by atoms with E-state index in [1.54, 1.807) is 18.6 Å². The van der Waals surface area contributed by atoms with Gasteiger partial charge in [-0.15, -0.1) is 0 Å². The topological polar surface area (TPSA) is 90.5 Å². The molecule has 0 aromatic carbocycles. The summed E-state index contributed by atoms with van der Waals surface area (Å²) < 4.78 is 0. The fraction of sp³-hybridized carbons (Fsp3) is 0. The Morgan fingerprint density at radius 2 is 2.07 bits per heavy atom. The van der Waals surface area contributed by atoms with Crippen molar-refractivity contribution >= 4 is 29.3 Å². The van der Waals surface area contributed by atoms with E-state index in [1.807, 2.05) is 0 Å². The van der Waals surface area contributed by atoms with Crippen molar-refractivity contribution in [2.45, 2.75) is 10.2 Å². The summed E-state index contributed by atoms with van der Waals surface area (Å²) in [5.41, 5.74) is 5.42. The molecule has 2 N–H and O–H groups in total. The Hall–Kier alpha value is -1.47. The van der Waals surface area contributed by atoms with Crippen molar-refractivity contribution < 1.29 is 0 Å². The van der Waals surface area contributed by atoms with Crippen LogP contribution in [0.4, 0.5) is 5.95 Å². The third kappa shape index (κ3) is 2.74. The molecule has 0 bridgehead atoms. The first-order valence-corrected chi connectivity index (χ1v) is 5.04. The minimum Gasteiger partial charge on any atom is -0.368 e. The van der Waals surface area contributed by atoms with Crippen LogP contribution in [0.5, 0.6) is 0 Å². The number of anilines is 1. The predicted octanol–water partition coefficient (Wildman–Crippen LogP) is 1.05. The number of nitrogens with zero attached hydrogens (tertiary/aromatic N) is 5. The number of hydrogen-bond donors (Lipinski definition) is 1. The van der Waals surface area contributed by atoms with Crippen LogP contribution in [0.2, 0.25) is 5.28 Å². The summed E-state index contributed by atoms with van der Waals surface area (Å²) in [7, 11) is 0. The average Bonchev–Trinajstić information content (AvgIpc) is 2.17. The summed E-state index contributed by atoms with van der Waals surface area (Å²) in [5, 5.41) is 1.13. The van der Waals surface area contributed by atoms with E-state index >= 15 is 0 Å². The first-order chi connectivity index (χ1) is 7.24. The lowest BCUT2D eigenvalue weighted by Gasteiger charge is -1.99. The van der Waals surface area contributed by atoms with Gasteiger partial charge in [-0.05, 0) is 23.4 Å². The van der Waals surface area contributed by atoms with Gasteiger partial charge in [0.2, 0.25) is 11.2 Å².